The molecule has 0 spiro atoms. The number of ether oxygens (including phenoxy) is 1. The number of fused-ring (bicyclic) bond motifs is 3. The van der Waals surface area contributed by atoms with Gasteiger partial charge in [-0.05, 0) is 24.3 Å². The molecule has 0 atom stereocenters. The van der Waals surface area contributed by atoms with E-state index in [1.807, 2.05) is 18.2 Å². The molecule has 0 unspecified atom stereocenters. The number of hydrogen-bond acceptors (Lipinski definition) is 5. The van der Waals surface area contributed by atoms with Crippen molar-refractivity contribution >= 4 is 22.5 Å². The van der Waals surface area contributed by atoms with Crippen molar-refractivity contribution in [1.29, 1.82) is 0 Å². The Labute approximate surface area is 136 Å². The largest absolute Gasteiger partial charge is 0.497 e. The van der Waals surface area contributed by atoms with Crippen LogP contribution in [0.1, 0.15) is 16.1 Å². The van der Waals surface area contributed by atoms with Crippen LogP contribution in [0.4, 0.5) is 0 Å². The van der Waals surface area contributed by atoms with Gasteiger partial charge in [0.15, 0.2) is 5.65 Å². The molecule has 7 heteroatoms. The van der Waals surface area contributed by atoms with Gasteiger partial charge < -0.3 is 14.5 Å². The van der Waals surface area contributed by atoms with Gasteiger partial charge in [0, 0.05) is 17.6 Å². The first-order valence-electron chi connectivity index (χ1n) is 7.37. The van der Waals surface area contributed by atoms with Gasteiger partial charge in [0.1, 0.15) is 17.1 Å². The van der Waals surface area contributed by atoms with Crippen LogP contribution in [0.25, 0.3) is 16.6 Å². The second-order valence-electron chi connectivity index (χ2n) is 5.24. The molecular weight excluding hydrogens is 308 g/mol. The van der Waals surface area contributed by atoms with Crippen molar-refractivity contribution in [2.75, 3.05) is 7.11 Å². The van der Waals surface area contributed by atoms with E-state index in [0.717, 1.165) is 10.9 Å². The lowest BCUT2D eigenvalue weighted by Crippen LogP contribution is -2.22. The van der Waals surface area contributed by atoms with Crippen LogP contribution < -0.4 is 10.1 Å². The number of benzene rings is 1. The molecule has 0 saturated carbocycles. The lowest BCUT2D eigenvalue weighted by molar-refractivity contribution is 0.0949. The fraction of sp³-hybridized carbons (Fsp3) is 0.118. The van der Waals surface area contributed by atoms with E-state index in [0.29, 0.717) is 29.3 Å². The van der Waals surface area contributed by atoms with Crippen molar-refractivity contribution in [3.05, 3.63) is 60.3 Å². The van der Waals surface area contributed by atoms with Crippen LogP contribution in [0.2, 0.25) is 0 Å². The second kappa shape index (κ2) is 5.69. The van der Waals surface area contributed by atoms with Crippen molar-refractivity contribution in [3.8, 4) is 5.75 Å². The molecule has 1 amide bonds. The number of amides is 1. The van der Waals surface area contributed by atoms with Crippen LogP contribution in [0.3, 0.4) is 0 Å². The lowest BCUT2D eigenvalue weighted by atomic mass is 10.2. The fourth-order valence-corrected chi connectivity index (χ4v) is 2.55. The highest BCUT2D eigenvalue weighted by atomic mass is 16.5. The minimum Gasteiger partial charge on any atom is -0.497 e. The van der Waals surface area contributed by atoms with Crippen LogP contribution in [-0.2, 0) is 6.54 Å². The lowest BCUT2D eigenvalue weighted by Gasteiger charge is -2.05. The van der Waals surface area contributed by atoms with Gasteiger partial charge in [-0.15, -0.1) is 0 Å². The number of hydrogen-bond donors (Lipinski definition) is 1. The van der Waals surface area contributed by atoms with Gasteiger partial charge in [-0.2, -0.15) is 5.10 Å². The number of aromatic nitrogens is 3. The van der Waals surface area contributed by atoms with Crippen LogP contribution in [-0.4, -0.2) is 27.6 Å². The van der Waals surface area contributed by atoms with Gasteiger partial charge in [-0.1, -0.05) is 0 Å². The van der Waals surface area contributed by atoms with E-state index < -0.39 is 0 Å². The van der Waals surface area contributed by atoms with Crippen molar-refractivity contribution < 1.29 is 13.9 Å². The number of nitrogens with one attached hydrogen (secondary N) is 1. The van der Waals surface area contributed by atoms with Gasteiger partial charge in [-0.25, -0.2) is 9.50 Å². The third-order valence-corrected chi connectivity index (χ3v) is 3.78. The molecule has 3 heterocycles. The van der Waals surface area contributed by atoms with Crippen molar-refractivity contribution in [3.63, 3.8) is 0 Å². The summed E-state index contributed by atoms with van der Waals surface area (Å²) in [4.78, 5) is 16.8. The third kappa shape index (κ3) is 2.36. The van der Waals surface area contributed by atoms with E-state index in [9.17, 15) is 4.79 Å². The molecule has 0 aliphatic rings. The number of nitrogens with zero attached hydrogens (tertiary/aromatic N) is 3. The molecule has 120 valence electrons. The van der Waals surface area contributed by atoms with E-state index in [4.69, 9.17) is 9.15 Å². The zero-order chi connectivity index (χ0) is 16.5. The number of carbonyl (C=O) groups excluding carboxylic acids is 1. The van der Waals surface area contributed by atoms with Gasteiger partial charge in [0.05, 0.1) is 31.6 Å². The Morgan fingerprint density at radius 1 is 1.33 bits per heavy atom. The Kier molecular flexibility index (Phi) is 3.38. The standard InChI is InChI=1S/C17H14N4O3/c1-23-12-5-4-11-8-18-16-14(10-20-21(16)15(11)7-12)17(22)19-9-13-3-2-6-24-13/h2-8,10H,9H2,1H3,(H,19,22). The first-order valence-corrected chi connectivity index (χ1v) is 7.37. The molecule has 24 heavy (non-hydrogen) atoms. The predicted molar refractivity (Wildman–Crippen MR) is 86.9 cm³/mol. The quantitative estimate of drug-likeness (QED) is 0.624. The molecule has 1 N–H and O–H groups in total. The normalized spacial score (nSPS) is 11.0. The first kappa shape index (κ1) is 14.3. The first-order chi connectivity index (χ1) is 11.8. The Morgan fingerprint density at radius 2 is 2.25 bits per heavy atom. The maximum atomic E-state index is 12.4. The molecule has 1 aromatic carbocycles. The molecule has 0 saturated heterocycles. The summed E-state index contributed by atoms with van der Waals surface area (Å²) in [7, 11) is 1.61. The zero-order valence-electron chi connectivity index (χ0n) is 12.9. The summed E-state index contributed by atoms with van der Waals surface area (Å²) in [6, 6.07) is 9.20. The summed E-state index contributed by atoms with van der Waals surface area (Å²) >= 11 is 0. The SMILES string of the molecule is COc1ccc2cnc3c(C(=O)NCc4ccco4)cnn3c2c1. The zero-order valence-corrected chi connectivity index (χ0v) is 12.9. The Bertz CT molecular complexity index is 1020. The minimum atomic E-state index is -0.254. The molecule has 4 aromatic rings. The maximum absolute atomic E-state index is 12.4. The summed E-state index contributed by atoms with van der Waals surface area (Å²) in [6.45, 7) is 0.310. The highest BCUT2D eigenvalue weighted by molar-refractivity contribution is 6.00. The van der Waals surface area contributed by atoms with E-state index in [1.165, 1.54) is 6.20 Å². The predicted octanol–water partition coefficient (Wildman–Crippen LogP) is 2.41. The van der Waals surface area contributed by atoms with E-state index >= 15 is 0 Å². The minimum absolute atomic E-state index is 0.254. The summed E-state index contributed by atoms with van der Waals surface area (Å²) in [6.07, 6.45) is 4.80. The average Bonchev–Trinajstić information content (AvgIpc) is 3.28. The highest BCUT2D eigenvalue weighted by Gasteiger charge is 2.15. The Hall–Kier alpha value is -3.35. The fourth-order valence-electron chi connectivity index (χ4n) is 2.55. The summed E-state index contributed by atoms with van der Waals surface area (Å²) in [5.41, 5.74) is 1.73. The van der Waals surface area contributed by atoms with Gasteiger partial charge in [-0.3, -0.25) is 4.79 Å². The van der Waals surface area contributed by atoms with Crippen LogP contribution in [0.5, 0.6) is 5.75 Å². The third-order valence-electron chi connectivity index (χ3n) is 3.78. The van der Waals surface area contributed by atoms with Crippen LogP contribution >= 0.6 is 0 Å². The molecular formula is C17H14N4O3. The molecule has 0 fully saturated rings. The van der Waals surface area contributed by atoms with Gasteiger partial charge in [0.25, 0.3) is 5.91 Å². The Balaban J connectivity index is 1.71. The smallest absolute Gasteiger partial charge is 0.257 e. The molecule has 4 rings (SSSR count). The molecule has 0 aliphatic heterocycles. The maximum Gasteiger partial charge on any atom is 0.257 e. The average molecular weight is 322 g/mol. The molecule has 0 bridgehead atoms. The monoisotopic (exact) mass is 322 g/mol. The summed E-state index contributed by atoms with van der Waals surface area (Å²) in [5, 5.41) is 8.01. The second-order valence-corrected chi connectivity index (χ2v) is 5.24. The molecule has 7 nitrogen and oxygen atoms in total. The number of methoxy groups -OCH3 is 1. The van der Waals surface area contributed by atoms with Crippen molar-refractivity contribution in [1.82, 2.24) is 19.9 Å². The van der Waals surface area contributed by atoms with Crippen LogP contribution in [0, 0.1) is 0 Å². The molecule has 0 aliphatic carbocycles. The summed E-state index contributed by atoms with van der Waals surface area (Å²) < 4.78 is 12.1. The number of rotatable bonds is 4. The number of furan rings is 1. The van der Waals surface area contributed by atoms with Gasteiger partial charge >= 0.3 is 0 Å². The highest BCUT2D eigenvalue weighted by Crippen LogP contribution is 2.22. The topological polar surface area (TPSA) is 81.7 Å². The van der Waals surface area contributed by atoms with E-state index in [1.54, 1.807) is 36.2 Å². The Morgan fingerprint density at radius 3 is 3.04 bits per heavy atom. The van der Waals surface area contributed by atoms with E-state index in [-0.39, 0.29) is 5.91 Å². The van der Waals surface area contributed by atoms with Crippen molar-refractivity contribution in [2.45, 2.75) is 6.54 Å². The summed E-state index contributed by atoms with van der Waals surface area (Å²) in [5.74, 6) is 1.15. The molecule has 0 radical (unpaired) electrons. The number of carbonyl (C=O) groups is 1. The van der Waals surface area contributed by atoms with Gasteiger partial charge in [0.2, 0.25) is 0 Å². The molecule has 3 aromatic heterocycles. The van der Waals surface area contributed by atoms with Crippen molar-refractivity contribution in [2.24, 2.45) is 0 Å². The van der Waals surface area contributed by atoms with E-state index in [2.05, 4.69) is 15.4 Å². The van der Waals surface area contributed by atoms with Crippen LogP contribution in [0.15, 0.2) is 53.4 Å².